The number of piperidine rings is 1. The number of imidazole rings is 1. The molecule has 2 aliphatic heterocycles. The minimum Gasteiger partial charge on any atom is -0.356 e. The number of rotatable bonds is 5. The molecule has 1 atom stereocenters. The zero-order valence-corrected chi connectivity index (χ0v) is 21.9. The molecule has 7 rings (SSSR count). The molecule has 4 aromatic heterocycles. The largest absolute Gasteiger partial charge is 0.356 e. The Kier molecular flexibility index (Phi) is 6.18. The highest BCUT2D eigenvalue weighted by molar-refractivity contribution is 5.81. The van der Waals surface area contributed by atoms with E-state index in [1.807, 2.05) is 53.0 Å². The number of pyridine rings is 2. The van der Waals surface area contributed by atoms with Gasteiger partial charge in [-0.25, -0.2) is 23.9 Å². The molecule has 0 saturated carbocycles. The summed E-state index contributed by atoms with van der Waals surface area (Å²) in [5, 5.41) is 4.98. The Bertz CT molecular complexity index is 1710. The number of hydrogen-bond donors (Lipinski definition) is 0. The Morgan fingerprint density at radius 1 is 0.850 bits per heavy atom. The van der Waals surface area contributed by atoms with Crippen molar-refractivity contribution in [1.82, 2.24) is 24.6 Å². The molecule has 2 saturated heterocycles. The van der Waals surface area contributed by atoms with Crippen molar-refractivity contribution in [2.45, 2.75) is 31.7 Å². The number of Topliss-reactive ketones (excluding diaryl/α,β-unsaturated/α-hetero) is 1. The number of anilines is 2. The fourth-order valence-electron chi connectivity index (χ4n) is 5.77. The summed E-state index contributed by atoms with van der Waals surface area (Å²) in [6.07, 6.45) is 6.68. The fraction of sp³-hybridized carbons (Fsp3) is 0.258. The van der Waals surface area contributed by atoms with Gasteiger partial charge in [-0.3, -0.25) is 4.79 Å². The second-order valence-corrected chi connectivity index (χ2v) is 10.3. The number of fused-ring (bicyclic) bond motifs is 1. The van der Waals surface area contributed by atoms with Crippen molar-refractivity contribution in [3.05, 3.63) is 90.5 Å². The molecule has 8 nitrogen and oxygen atoms in total. The molecule has 2 aliphatic rings. The quantitative estimate of drug-likeness (QED) is 0.295. The van der Waals surface area contributed by atoms with Crippen LogP contribution < -0.4 is 9.80 Å². The van der Waals surface area contributed by atoms with Crippen LogP contribution in [0.2, 0.25) is 0 Å². The Morgan fingerprint density at radius 3 is 2.58 bits per heavy atom. The van der Waals surface area contributed by atoms with Gasteiger partial charge in [0.05, 0.1) is 23.6 Å². The van der Waals surface area contributed by atoms with E-state index in [4.69, 9.17) is 10.1 Å². The van der Waals surface area contributed by atoms with Crippen LogP contribution in [0.4, 0.5) is 16.0 Å². The van der Waals surface area contributed by atoms with Gasteiger partial charge < -0.3 is 9.80 Å². The first kappa shape index (κ1) is 24.4. The molecule has 0 amide bonds. The Morgan fingerprint density at radius 2 is 1.70 bits per heavy atom. The molecule has 0 aliphatic carbocycles. The van der Waals surface area contributed by atoms with Gasteiger partial charge in [0.25, 0.3) is 0 Å². The summed E-state index contributed by atoms with van der Waals surface area (Å²) in [5.41, 5.74) is 5.04. The van der Waals surface area contributed by atoms with Gasteiger partial charge in [0.15, 0.2) is 5.65 Å². The number of benzene rings is 1. The minimum atomic E-state index is -0.219. The summed E-state index contributed by atoms with van der Waals surface area (Å²) in [4.78, 5) is 30.2. The summed E-state index contributed by atoms with van der Waals surface area (Å²) in [5.74, 6) is 1.77. The number of ketones is 1. The van der Waals surface area contributed by atoms with E-state index >= 15 is 0 Å². The zero-order valence-electron chi connectivity index (χ0n) is 21.9. The average Bonchev–Trinajstić information content (AvgIpc) is 3.65. The number of aromatic nitrogens is 5. The van der Waals surface area contributed by atoms with Gasteiger partial charge in [0, 0.05) is 44.2 Å². The molecule has 0 radical (unpaired) electrons. The highest BCUT2D eigenvalue weighted by Gasteiger charge is 2.28. The van der Waals surface area contributed by atoms with E-state index in [1.54, 1.807) is 24.5 Å². The van der Waals surface area contributed by atoms with Crippen LogP contribution in [0.15, 0.2) is 79.1 Å². The summed E-state index contributed by atoms with van der Waals surface area (Å²) < 4.78 is 15.8. The van der Waals surface area contributed by atoms with Gasteiger partial charge in [0.2, 0.25) is 0 Å². The van der Waals surface area contributed by atoms with Crippen molar-refractivity contribution in [1.29, 1.82) is 0 Å². The molecule has 0 unspecified atom stereocenters. The van der Waals surface area contributed by atoms with Gasteiger partial charge in [-0.1, -0.05) is 18.2 Å². The molecular weight excluding hydrogens is 505 g/mol. The number of carbonyl (C=O) groups excluding carboxylic acids is 1. The molecule has 2 fully saturated rings. The second-order valence-electron chi connectivity index (χ2n) is 10.3. The molecule has 0 N–H and O–H groups in total. The van der Waals surface area contributed by atoms with E-state index in [2.05, 4.69) is 19.8 Å². The molecule has 6 heterocycles. The van der Waals surface area contributed by atoms with E-state index in [0.29, 0.717) is 31.7 Å². The van der Waals surface area contributed by atoms with Crippen molar-refractivity contribution >= 4 is 23.1 Å². The maximum absolute atomic E-state index is 14.0. The molecule has 200 valence electrons. The SMILES string of the molecule is O=C1CCN(c2cc(-c3cccc(-c4cnc5ccc(N6CCC[C@@H]6c6cccc(F)c6)nn45)n3)ccn2)CC1. The van der Waals surface area contributed by atoms with Crippen LogP contribution >= 0.6 is 0 Å². The molecule has 5 aromatic rings. The fourth-order valence-corrected chi connectivity index (χ4v) is 5.77. The van der Waals surface area contributed by atoms with Crippen LogP contribution in [0.5, 0.6) is 0 Å². The van der Waals surface area contributed by atoms with Crippen LogP contribution in [0, 0.1) is 5.82 Å². The normalized spacial score (nSPS) is 17.6. The van der Waals surface area contributed by atoms with Gasteiger partial charge in [-0.15, -0.1) is 5.10 Å². The standard InChI is InChI=1S/C31H28FN7O/c32-23-5-1-4-22(18-23)27-8-3-15-38(27)30-10-9-29-34-20-28(39(29)36-30)26-7-2-6-25(35-26)21-11-14-33-31(19-21)37-16-12-24(40)13-17-37/h1-2,4-7,9-11,14,18-20,27H,3,8,12-13,15-17H2/t27-/m1/s1. The summed E-state index contributed by atoms with van der Waals surface area (Å²) in [6, 6.07) is 20.8. The molecule has 1 aromatic carbocycles. The maximum Gasteiger partial charge on any atom is 0.154 e. The van der Waals surface area contributed by atoms with Gasteiger partial charge >= 0.3 is 0 Å². The first-order valence-corrected chi connectivity index (χ1v) is 13.7. The first-order valence-electron chi connectivity index (χ1n) is 13.7. The van der Waals surface area contributed by atoms with E-state index < -0.39 is 0 Å². The lowest BCUT2D eigenvalue weighted by Gasteiger charge is -2.27. The highest BCUT2D eigenvalue weighted by atomic mass is 19.1. The smallest absolute Gasteiger partial charge is 0.154 e. The average molecular weight is 534 g/mol. The first-order chi connectivity index (χ1) is 19.6. The number of carbonyl (C=O) groups is 1. The zero-order chi connectivity index (χ0) is 27.1. The summed E-state index contributed by atoms with van der Waals surface area (Å²) in [6.45, 7) is 2.23. The van der Waals surface area contributed by atoms with Crippen LogP contribution in [0.3, 0.4) is 0 Å². The topological polar surface area (TPSA) is 79.5 Å². The van der Waals surface area contributed by atoms with Gasteiger partial charge in [0.1, 0.15) is 28.9 Å². The highest BCUT2D eigenvalue weighted by Crippen LogP contribution is 2.36. The number of nitrogens with zero attached hydrogens (tertiary/aromatic N) is 7. The third-order valence-electron chi connectivity index (χ3n) is 7.83. The second kappa shape index (κ2) is 10.1. The number of halogens is 1. The van der Waals surface area contributed by atoms with Gasteiger partial charge in [-0.05, 0) is 66.9 Å². The van der Waals surface area contributed by atoms with Crippen molar-refractivity contribution < 1.29 is 9.18 Å². The number of hydrogen-bond acceptors (Lipinski definition) is 7. The third-order valence-corrected chi connectivity index (χ3v) is 7.83. The monoisotopic (exact) mass is 533 g/mol. The van der Waals surface area contributed by atoms with Crippen molar-refractivity contribution in [3.8, 4) is 22.6 Å². The van der Waals surface area contributed by atoms with E-state index in [-0.39, 0.29) is 11.9 Å². The van der Waals surface area contributed by atoms with Crippen LogP contribution in [-0.4, -0.2) is 50.0 Å². The van der Waals surface area contributed by atoms with Gasteiger partial charge in [-0.2, -0.15) is 0 Å². The molecule has 40 heavy (non-hydrogen) atoms. The Balaban J connectivity index is 1.21. The van der Waals surface area contributed by atoms with Crippen LogP contribution in [0.1, 0.15) is 37.3 Å². The lowest BCUT2D eigenvalue weighted by atomic mass is 10.0. The third kappa shape index (κ3) is 4.57. The molecular formula is C31H28FN7O. The van der Waals surface area contributed by atoms with Crippen molar-refractivity contribution in [2.24, 2.45) is 0 Å². The minimum absolute atomic E-state index is 0.0768. The van der Waals surface area contributed by atoms with Crippen molar-refractivity contribution in [3.63, 3.8) is 0 Å². The maximum atomic E-state index is 14.0. The Hall–Kier alpha value is -4.66. The predicted molar refractivity (Wildman–Crippen MR) is 152 cm³/mol. The molecule has 0 bridgehead atoms. The van der Waals surface area contributed by atoms with Crippen LogP contribution in [-0.2, 0) is 4.79 Å². The molecule has 0 spiro atoms. The van der Waals surface area contributed by atoms with Crippen LogP contribution in [0.25, 0.3) is 28.3 Å². The lowest BCUT2D eigenvalue weighted by molar-refractivity contribution is -0.119. The van der Waals surface area contributed by atoms with Crippen molar-refractivity contribution in [2.75, 3.05) is 29.4 Å². The van der Waals surface area contributed by atoms with E-state index in [0.717, 1.165) is 64.9 Å². The summed E-state index contributed by atoms with van der Waals surface area (Å²) >= 11 is 0. The molecule has 9 heteroatoms. The predicted octanol–water partition coefficient (Wildman–Crippen LogP) is 5.50. The Labute approximate surface area is 231 Å². The summed E-state index contributed by atoms with van der Waals surface area (Å²) in [7, 11) is 0. The lowest BCUT2D eigenvalue weighted by Crippen LogP contribution is -2.34. The van der Waals surface area contributed by atoms with E-state index in [1.165, 1.54) is 6.07 Å². The van der Waals surface area contributed by atoms with E-state index in [9.17, 15) is 9.18 Å².